The Morgan fingerprint density at radius 3 is 2.50 bits per heavy atom. The van der Waals surface area contributed by atoms with E-state index >= 15 is 0 Å². The highest BCUT2D eigenvalue weighted by molar-refractivity contribution is 5.94. The number of phenols is 1. The molecule has 2 N–H and O–H groups in total. The van der Waals surface area contributed by atoms with Crippen LogP contribution in [0.4, 0.5) is 5.69 Å². The second-order valence-corrected chi connectivity index (χ2v) is 6.10. The first-order valence-electron chi connectivity index (χ1n) is 6.52. The van der Waals surface area contributed by atoms with E-state index in [1.54, 1.807) is 6.07 Å². The average molecular weight is 247 g/mol. The Morgan fingerprint density at radius 2 is 2.00 bits per heavy atom. The largest absolute Gasteiger partial charge is 0.506 e. The molecule has 1 aliphatic rings. The van der Waals surface area contributed by atoms with E-state index in [-0.39, 0.29) is 23.0 Å². The first-order valence-corrected chi connectivity index (χ1v) is 6.52. The summed E-state index contributed by atoms with van der Waals surface area (Å²) in [4.78, 5) is 11.9. The van der Waals surface area contributed by atoms with Gasteiger partial charge in [-0.25, -0.2) is 0 Å². The second kappa shape index (κ2) is 4.63. The number of amides is 1. The molecule has 1 aromatic rings. The molecule has 0 unspecified atom stereocenters. The third-order valence-electron chi connectivity index (χ3n) is 3.60. The molecule has 1 aromatic carbocycles. The normalized spacial score (nSPS) is 16.2. The van der Waals surface area contributed by atoms with E-state index in [2.05, 4.69) is 26.1 Å². The Balaban J connectivity index is 2.18. The number of hydrogen-bond acceptors (Lipinski definition) is 2. The summed E-state index contributed by atoms with van der Waals surface area (Å²) in [5.41, 5.74) is 1.63. The van der Waals surface area contributed by atoms with Gasteiger partial charge < -0.3 is 10.4 Å². The van der Waals surface area contributed by atoms with Crippen LogP contribution in [-0.4, -0.2) is 11.0 Å². The first-order chi connectivity index (χ1) is 8.38. The Hall–Kier alpha value is -1.51. The number of phenolic OH excluding ortho intramolecular Hbond substituents is 1. The van der Waals surface area contributed by atoms with E-state index in [0.717, 1.165) is 24.8 Å². The molecule has 1 fully saturated rings. The molecule has 1 aliphatic carbocycles. The van der Waals surface area contributed by atoms with E-state index in [1.807, 2.05) is 12.1 Å². The molecule has 1 saturated carbocycles. The van der Waals surface area contributed by atoms with E-state index in [0.29, 0.717) is 5.69 Å². The van der Waals surface area contributed by atoms with Crippen molar-refractivity contribution in [2.45, 2.75) is 45.4 Å². The Kier molecular flexibility index (Phi) is 3.33. The monoisotopic (exact) mass is 247 g/mol. The van der Waals surface area contributed by atoms with Gasteiger partial charge in [0.05, 0.1) is 5.69 Å². The summed E-state index contributed by atoms with van der Waals surface area (Å²) >= 11 is 0. The second-order valence-electron chi connectivity index (χ2n) is 6.10. The number of rotatable bonds is 2. The standard InChI is InChI=1S/C15H21NO2/c1-15(2,3)11-7-8-13(17)12(9-11)16-14(18)10-5-4-6-10/h7-10,17H,4-6H2,1-3H3,(H,16,18). The van der Waals surface area contributed by atoms with Gasteiger partial charge in [0.2, 0.25) is 5.91 Å². The fourth-order valence-corrected chi connectivity index (χ4v) is 2.01. The van der Waals surface area contributed by atoms with E-state index < -0.39 is 0 Å². The van der Waals surface area contributed by atoms with Crippen LogP contribution in [0.5, 0.6) is 5.75 Å². The number of anilines is 1. The van der Waals surface area contributed by atoms with Gasteiger partial charge in [0, 0.05) is 5.92 Å². The van der Waals surface area contributed by atoms with E-state index in [1.165, 1.54) is 0 Å². The Labute approximate surface area is 108 Å². The fourth-order valence-electron chi connectivity index (χ4n) is 2.01. The van der Waals surface area contributed by atoms with Gasteiger partial charge in [0.25, 0.3) is 0 Å². The number of hydrogen-bond donors (Lipinski definition) is 2. The highest BCUT2D eigenvalue weighted by Crippen LogP contribution is 2.33. The minimum Gasteiger partial charge on any atom is -0.506 e. The molecule has 98 valence electrons. The lowest BCUT2D eigenvalue weighted by molar-refractivity contribution is -0.122. The number of benzene rings is 1. The van der Waals surface area contributed by atoms with Gasteiger partial charge in [0.15, 0.2) is 0 Å². The van der Waals surface area contributed by atoms with Crippen molar-refractivity contribution in [2.24, 2.45) is 5.92 Å². The van der Waals surface area contributed by atoms with Crippen molar-refractivity contribution < 1.29 is 9.90 Å². The third kappa shape index (κ3) is 2.66. The molecule has 0 heterocycles. The van der Waals surface area contributed by atoms with Gasteiger partial charge in [-0.3, -0.25) is 4.79 Å². The average Bonchev–Trinajstić information content (AvgIpc) is 2.16. The lowest BCUT2D eigenvalue weighted by Gasteiger charge is -2.25. The van der Waals surface area contributed by atoms with Crippen LogP contribution in [-0.2, 0) is 10.2 Å². The Bertz CT molecular complexity index is 456. The predicted molar refractivity (Wildman–Crippen MR) is 72.8 cm³/mol. The summed E-state index contributed by atoms with van der Waals surface area (Å²) in [5, 5.41) is 12.6. The van der Waals surface area contributed by atoms with Crippen molar-refractivity contribution in [3.8, 4) is 5.75 Å². The van der Waals surface area contributed by atoms with Crippen LogP contribution < -0.4 is 5.32 Å². The van der Waals surface area contributed by atoms with Crippen molar-refractivity contribution in [1.82, 2.24) is 0 Å². The summed E-state index contributed by atoms with van der Waals surface area (Å²) < 4.78 is 0. The molecule has 0 spiro atoms. The van der Waals surface area contributed by atoms with Gasteiger partial charge in [0.1, 0.15) is 5.75 Å². The summed E-state index contributed by atoms with van der Waals surface area (Å²) in [7, 11) is 0. The summed E-state index contributed by atoms with van der Waals surface area (Å²) in [5.74, 6) is 0.293. The molecule has 0 atom stereocenters. The lowest BCUT2D eigenvalue weighted by Crippen LogP contribution is -2.28. The van der Waals surface area contributed by atoms with E-state index in [9.17, 15) is 9.90 Å². The van der Waals surface area contributed by atoms with Crippen molar-refractivity contribution >= 4 is 11.6 Å². The lowest BCUT2D eigenvalue weighted by atomic mass is 9.84. The first kappa shape index (κ1) is 12.9. The zero-order valence-corrected chi connectivity index (χ0v) is 11.3. The van der Waals surface area contributed by atoms with Crippen LogP contribution >= 0.6 is 0 Å². The maximum Gasteiger partial charge on any atom is 0.227 e. The molecular formula is C15H21NO2. The minimum atomic E-state index is 0.00362. The highest BCUT2D eigenvalue weighted by atomic mass is 16.3. The number of carbonyl (C=O) groups excluding carboxylic acids is 1. The van der Waals surface area contributed by atoms with Crippen LogP contribution in [0, 0.1) is 5.92 Å². The van der Waals surface area contributed by atoms with E-state index in [4.69, 9.17) is 0 Å². The summed E-state index contributed by atoms with van der Waals surface area (Å²) in [6.45, 7) is 6.32. The van der Waals surface area contributed by atoms with Gasteiger partial charge in [-0.05, 0) is 36.0 Å². The summed E-state index contributed by atoms with van der Waals surface area (Å²) in [6, 6.07) is 5.41. The molecule has 0 aliphatic heterocycles. The molecule has 18 heavy (non-hydrogen) atoms. The van der Waals surface area contributed by atoms with Crippen molar-refractivity contribution in [3.63, 3.8) is 0 Å². The molecule has 2 rings (SSSR count). The van der Waals surface area contributed by atoms with Crippen LogP contribution in [0.25, 0.3) is 0 Å². The van der Waals surface area contributed by atoms with Crippen LogP contribution in [0.2, 0.25) is 0 Å². The zero-order valence-electron chi connectivity index (χ0n) is 11.3. The van der Waals surface area contributed by atoms with Crippen molar-refractivity contribution in [2.75, 3.05) is 5.32 Å². The van der Waals surface area contributed by atoms with Crippen molar-refractivity contribution in [3.05, 3.63) is 23.8 Å². The molecule has 0 radical (unpaired) electrons. The molecule has 3 nitrogen and oxygen atoms in total. The van der Waals surface area contributed by atoms with Gasteiger partial charge >= 0.3 is 0 Å². The topological polar surface area (TPSA) is 49.3 Å². The smallest absolute Gasteiger partial charge is 0.227 e. The molecule has 0 saturated heterocycles. The quantitative estimate of drug-likeness (QED) is 0.787. The molecule has 1 amide bonds. The highest BCUT2D eigenvalue weighted by Gasteiger charge is 2.26. The SMILES string of the molecule is CC(C)(C)c1ccc(O)c(NC(=O)C2CCC2)c1. The van der Waals surface area contributed by atoms with Crippen LogP contribution in [0.1, 0.15) is 45.6 Å². The Morgan fingerprint density at radius 1 is 1.33 bits per heavy atom. The molecule has 0 aromatic heterocycles. The number of carbonyl (C=O) groups is 1. The van der Waals surface area contributed by atoms with Crippen molar-refractivity contribution in [1.29, 1.82) is 0 Å². The van der Waals surface area contributed by atoms with Gasteiger partial charge in [-0.2, -0.15) is 0 Å². The number of aromatic hydroxyl groups is 1. The molecule has 0 bridgehead atoms. The molecule has 3 heteroatoms. The number of nitrogens with one attached hydrogen (secondary N) is 1. The van der Waals surface area contributed by atoms with Crippen LogP contribution in [0.3, 0.4) is 0 Å². The maximum absolute atomic E-state index is 11.9. The fraction of sp³-hybridized carbons (Fsp3) is 0.533. The van der Waals surface area contributed by atoms with Gasteiger partial charge in [-0.1, -0.05) is 33.3 Å². The third-order valence-corrected chi connectivity index (χ3v) is 3.60. The summed E-state index contributed by atoms with van der Waals surface area (Å²) in [6.07, 6.45) is 3.06. The minimum absolute atomic E-state index is 0.00362. The zero-order chi connectivity index (χ0) is 13.3. The molecular weight excluding hydrogens is 226 g/mol. The van der Waals surface area contributed by atoms with Gasteiger partial charge in [-0.15, -0.1) is 0 Å². The maximum atomic E-state index is 11.9. The predicted octanol–water partition coefficient (Wildman–Crippen LogP) is 3.43. The van der Waals surface area contributed by atoms with Crippen LogP contribution in [0.15, 0.2) is 18.2 Å².